The number of hydrogen-bond donors (Lipinski definition) is 1. The van der Waals surface area contributed by atoms with Gasteiger partial charge < -0.3 is 4.74 Å². The van der Waals surface area contributed by atoms with Crippen LogP contribution in [0.2, 0.25) is 0 Å². The van der Waals surface area contributed by atoms with E-state index in [1.165, 1.54) is 18.4 Å². The molecule has 192 valence electrons. The van der Waals surface area contributed by atoms with E-state index in [2.05, 4.69) is 79.3 Å². The van der Waals surface area contributed by atoms with Crippen molar-refractivity contribution in [2.75, 3.05) is 45.9 Å². The van der Waals surface area contributed by atoms with Crippen LogP contribution in [0.1, 0.15) is 35.6 Å². The molecule has 37 heavy (non-hydrogen) atoms. The highest BCUT2D eigenvalue weighted by Gasteiger charge is 2.29. The Labute approximate surface area is 222 Å². The first-order valence-electron chi connectivity index (χ1n) is 13.4. The Morgan fingerprint density at radius 1 is 1.00 bits per heavy atom. The van der Waals surface area contributed by atoms with E-state index in [0.29, 0.717) is 6.42 Å². The van der Waals surface area contributed by atoms with E-state index in [-0.39, 0.29) is 11.8 Å². The first-order valence-corrected chi connectivity index (χ1v) is 14.3. The van der Waals surface area contributed by atoms with Crippen molar-refractivity contribution in [2.45, 2.75) is 31.7 Å². The third kappa shape index (κ3) is 5.55. The molecule has 0 saturated carbocycles. The molecule has 0 amide bonds. The van der Waals surface area contributed by atoms with Gasteiger partial charge in [-0.1, -0.05) is 30.3 Å². The summed E-state index contributed by atoms with van der Waals surface area (Å²) in [6.45, 7) is 6.79. The Kier molecular flexibility index (Phi) is 7.46. The van der Waals surface area contributed by atoms with Crippen LogP contribution in [0.15, 0.2) is 59.3 Å². The zero-order valence-electron chi connectivity index (χ0n) is 21.2. The Bertz CT molecular complexity index is 1320. The normalized spacial score (nSPS) is 17.9. The molecule has 2 aromatic heterocycles. The van der Waals surface area contributed by atoms with E-state index in [4.69, 9.17) is 4.74 Å². The quantitative estimate of drug-likeness (QED) is 0.336. The molecule has 4 aromatic rings. The largest absolute Gasteiger partial charge is 0.379 e. The van der Waals surface area contributed by atoms with E-state index in [1.807, 2.05) is 0 Å². The van der Waals surface area contributed by atoms with E-state index >= 15 is 0 Å². The molecule has 0 radical (unpaired) electrons. The van der Waals surface area contributed by atoms with Gasteiger partial charge in [0.05, 0.1) is 30.5 Å². The monoisotopic (exact) mass is 514 g/mol. The number of fused-ring (bicyclic) bond motifs is 1. The predicted molar refractivity (Wildman–Crippen MR) is 149 cm³/mol. The molecule has 6 nitrogen and oxygen atoms in total. The van der Waals surface area contributed by atoms with Crippen LogP contribution >= 0.6 is 11.3 Å². The molecule has 0 aliphatic carbocycles. The fraction of sp³-hybridized carbons (Fsp3) is 0.400. The maximum Gasteiger partial charge on any atom is 0.158 e. The van der Waals surface area contributed by atoms with Gasteiger partial charge in [-0.05, 0) is 78.0 Å². The minimum absolute atomic E-state index is 0.140. The molecule has 4 heterocycles. The van der Waals surface area contributed by atoms with Crippen LogP contribution in [0.5, 0.6) is 0 Å². The molecule has 1 unspecified atom stereocenters. The number of benzene rings is 2. The first-order chi connectivity index (χ1) is 18.2. The zero-order chi connectivity index (χ0) is 25.0. The molecule has 0 spiro atoms. The van der Waals surface area contributed by atoms with Crippen LogP contribution in [-0.4, -0.2) is 71.7 Å². The summed E-state index contributed by atoms with van der Waals surface area (Å²) in [5, 5.41) is 13.1. The summed E-state index contributed by atoms with van der Waals surface area (Å²) in [6.07, 6.45) is 3.81. The number of aromatic amines is 1. The molecule has 2 fully saturated rings. The summed E-state index contributed by atoms with van der Waals surface area (Å²) in [5.41, 5.74) is 6.55. The summed E-state index contributed by atoms with van der Waals surface area (Å²) in [7, 11) is 0. The molecule has 2 aromatic carbocycles. The number of thiophene rings is 1. The zero-order valence-corrected chi connectivity index (χ0v) is 22.0. The number of Topliss-reactive ketones (excluding diaryl/α,β-unsaturated/α-hetero) is 1. The molecule has 1 atom stereocenters. The summed E-state index contributed by atoms with van der Waals surface area (Å²) in [4.78, 5) is 18.4. The lowest BCUT2D eigenvalue weighted by molar-refractivity contribution is -0.123. The molecule has 0 bridgehead atoms. The number of morpholine rings is 1. The smallest absolute Gasteiger partial charge is 0.158 e. The molecule has 1 N–H and O–H groups in total. The van der Waals surface area contributed by atoms with Gasteiger partial charge in [0.2, 0.25) is 0 Å². The van der Waals surface area contributed by atoms with E-state index in [9.17, 15) is 4.79 Å². The van der Waals surface area contributed by atoms with Crippen molar-refractivity contribution in [3.63, 3.8) is 0 Å². The number of ketones is 1. The van der Waals surface area contributed by atoms with Crippen LogP contribution in [0.4, 0.5) is 0 Å². The van der Waals surface area contributed by atoms with Crippen molar-refractivity contribution >= 4 is 28.0 Å². The van der Waals surface area contributed by atoms with Gasteiger partial charge in [-0.15, -0.1) is 0 Å². The lowest BCUT2D eigenvalue weighted by atomic mass is 9.96. The van der Waals surface area contributed by atoms with Gasteiger partial charge in [-0.25, -0.2) is 0 Å². The lowest BCUT2D eigenvalue weighted by Crippen LogP contribution is -2.37. The Balaban J connectivity index is 1.18. The molecular weight excluding hydrogens is 480 g/mol. The van der Waals surface area contributed by atoms with E-state index in [1.54, 1.807) is 11.3 Å². The number of aromatic nitrogens is 2. The first kappa shape index (κ1) is 24.5. The molecule has 2 aliphatic rings. The highest BCUT2D eigenvalue weighted by molar-refractivity contribution is 7.08. The van der Waals surface area contributed by atoms with Gasteiger partial charge in [-0.3, -0.25) is 19.7 Å². The minimum atomic E-state index is -0.140. The average Bonchev–Trinajstić information content (AvgIpc) is 3.72. The maximum absolute atomic E-state index is 13.6. The van der Waals surface area contributed by atoms with E-state index < -0.39 is 0 Å². The second-order valence-electron chi connectivity index (χ2n) is 10.2. The topological polar surface area (TPSA) is 61.5 Å². The minimum Gasteiger partial charge on any atom is -0.379 e. The second kappa shape index (κ2) is 11.3. The van der Waals surface area contributed by atoms with Crippen molar-refractivity contribution in [2.24, 2.45) is 0 Å². The van der Waals surface area contributed by atoms with Crippen LogP contribution in [0.25, 0.3) is 22.2 Å². The Morgan fingerprint density at radius 2 is 1.78 bits per heavy atom. The van der Waals surface area contributed by atoms with Crippen LogP contribution in [0, 0.1) is 0 Å². The highest BCUT2D eigenvalue weighted by atomic mass is 32.1. The van der Waals surface area contributed by atoms with Crippen molar-refractivity contribution in [3.05, 3.63) is 76.0 Å². The predicted octanol–water partition coefficient (Wildman–Crippen LogP) is 5.11. The molecular formula is C30H34N4O2S. The van der Waals surface area contributed by atoms with Crippen LogP contribution in [-0.2, 0) is 22.4 Å². The molecule has 2 saturated heterocycles. The molecule has 2 aliphatic heterocycles. The number of likely N-dealkylation sites (tertiary alicyclic amines) is 1. The fourth-order valence-electron chi connectivity index (χ4n) is 5.66. The van der Waals surface area contributed by atoms with Gasteiger partial charge in [0, 0.05) is 37.0 Å². The fourth-order valence-corrected chi connectivity index (χ4v) is 6.34. The molecule has 7 heteroatoms. The SMILES string of the molecule is O=C(Cc1ccc2[nH]nc(-c3ccc(CCN4CCOCC4)cc3)c2c1)C(c1ccsc1)N1CCCC1. The van der Waals surface area contributed by atoms with Gasteiger partial charge in [-0.2, -0.15) is 16.4 Å². The summed E-state index contributed by atoms with van der Waals surface area (Å²) < 4.78 is 5.45. The maximum atomic E-state index is 13.6. The number of carbonyl (C=O) groups excluding carboxylic acids is 1. The number of nitrogens with zero attached hydrogens (tertiary/aromatic N) is 3. The van der Waals surface area contributed by atoms with Crippen molar-refractivity contribution < 1.29 is 9.53 Å². The number of carbonyl (C=O) groups is 1. The number of H-pyrrole nitrogens is 1. The number of hydrogen-bond acceptors (Lipinski definition) is 6. The number of ether oxygens (including phenoxy) is 1. The molecule has 6 rings (SSSR count). The van der Waals surface area contributed by atoms with Gasteiger partial charge in [0.1, 0.15) is 0 Å². The lowest BCUT2D eigenvalue weighted by Gasteiger charge is -2.26. The Morgan fingerprint density at radius 3 is 2.54 bits per heavy atom. The van der Waals surface area contributed by atoms with Crippen molar-refractivity contribution in [1.29, 1.82) is 0 Å². The third-order valence-electron chi connectivity index (χ3n) is 7.72. The summed E-state index contributed by atoms with van der Waals surface area (Å²) in [5.74, 6) is 0.273. The van der Waals surface area contributed by atoms with Crippen LogP contribution < -0.4 is 0 Å². The van der Waals surface area contributed by atoms with Gasteiger partial charge in [0.15, 0.2) is 5.78 Å². The third-order valence-corrected chi connectivity index (χ3v) is 8.42. The van der Waals surface area contributed by atoms with Gasteiger partial charge in [0.25, 0.3) is 0 Å². The van der Waals surface area contributed by atoms with Crippen LogP contribution in [0.3, 0.4) is 0 Å². The van der Waals surface area contributed by atoms with Crippen molar-refractivity contribution in [1.82, 2.24) is 20.0 Å². The number of nitrogens with one attached hydrogen (secondary N) is 1. The van der Waals surface area contributed by atoms with E-state index in [0.717, 1.165) is 85.6 Å². The van der Waals surface area contributed by atoms with Crippen molar-refractivity contribution in [3.8, 4) is 11.3 Å². The standard InChI is InChI=1S/C30H34N4O2S/c35-28(30(25-10-18-37-21-25)34-11-1-2-12-34)20-23-5-8-27-26(19-23)29(32-31-27)24-6-3-22(4-7-24)9-13-33-14-16-36-17-15-33/h3-8,10,18-19,21,30H,1-2,9,11-17,20H2,(H,31,32). The second-order valence-corrected chi connectivity index (χ2v) is 11.0. The summed E-state index contributed by atoms with van der Waals surface area (Å²) in [6, 6.07) is 17.0. The van der Waals surface area contributed by atoms with Gasteiger partial charge >= 0.3 is 0 Å². The Hall–Kier alpha value is -2.84. The number of rotatable bonds is 9. The average molecular weight is 515 g/mol. The highest BCUT2D eigenvalue weighted by Crippen LogP contribution is 2.31. The summed E-state index contributed by atoms with van der Waals surface area (Å²) >= 11 is 1.67.